The highest BCUT2D eigenvalue weighted by Crippen LogP contribution is 2.25. The first-order valence-corrected chi connectivity index (χ1v) is 7.64. The Morgan fingerprint density at radius 3 is 2.38 bits per heavy atom. The molecule has 1 aliphatic rings. The van der Waals surface area contributed by atoms with Gasteiger partial charge in [-0.2, -0.15) is 0 Å². The van der Waals surface area contributed by atoms with Gasteiger partial charge in [-0.3, -0.25) is 9.59 Å². The van der Waals surface area contributed by atoms with Crippen LogP contribution in [0.2, 0.25) is 0 Å². The zero-order valence-electron chi connectivity index (χ0n) is 13.1. The molecule has 0 bridgehead atoms. The molecule has 21 heavy (non-hydrogen) atoms. The third-order valence-electron chi connectivity index (χ3n) is 4.15. The molecule has 0 spiro atoms. The van der Waals surface area contributed by atoms with Gasteiger partial charge in [0, 0.05) is 31.6 Å². The summed E-state index contributed by atoms with van der Waals surface area (Å²) in [5.74, 6) is 0.548. The number of piperidine rings is 1. The fourth-order valence-corrected chi connectivity index (χ4v) is 2.81. The summed E-state index contributed by atoms with van der Waals surface area (Å²) in [6.07, 6.45) is 1.49. The first kappa shape index (κ1) is 15.5. The van der Waals surface area contributed by atoms with Crippen LogP contribution in [0.3, 0.4) is 0 Å². The SMILES string of the molecule is CC(=O)N1CCC(C(=O)Nc2ccccc2C(C)C)CC1. The van der Waals surface area contributed by atoms with Gasteiger partial charge in [-0.05, 0) is 30.4 Å². The van der Waals surface area contributed by atoms with Gasteiger partial charge in [0.2, 0.25) is 11.8 Å². The number of nitrogens with one attached hydrogen (secondary N) is 1. The highest BCUT2D eigenvalue weighted by atomic mass is 16.2. The maximum absolute atomic E-state index is 12.4. The Balaban J connectivity index is 1.98. The molecule has 0 aliphatic carbocycles. The van der Waals surface area contributed by atoms with E-state index in [9.17, 15) is 9.59 Å². The van der Waals surface area contributed by atoms with E-state index in [-0.39, 0.29) is 17.7 Å². The fourth-order valence-electron chi connectivity index (χ4n) is 2.81. The molecule has 1 aromatic rings. The van der Waals surface area contributed by atoms with Gasteiger partial charge < -0.3 is 10.2 Å². The summed E-state index contributed by atoms with van der Waals surface area (Å²) in [6, 6.07) is 7.95. The number of hydrogen-bond donors (Lipinski definition) is 1. The molecule has 1 saturated heterocycles. The van der Waals surface area contributed by atoms with E-state index < -0.39 is 0 Å². The Morgan fingerprint density at radius 2 is 1.81 bits per heavy atom. The van der Waals surface area contributed by atoms with E-state index in [0.717, 1.165) is 24.1 Å². The van der Waals surface area contributed by atoms with Gasteiger partial charge >= 0.3 is 0 Å². The van der Waals surface area contributed by atoms with E-state index in [1.165, 1.54) is 0 Å². The maximum atomic E-state index is 12.4. The molecule has 1 aliphatic heterocycles. The number of para-hydroxylation sites is 1. The predicted octanol–water partition coefficient (Wildman–Crippen LogP) is 3.01. The largest absolute Gasteiger partial charge is 0.343 e. The molecular weight excluding hydrogens is 264 g/mol. The van der Waals surface area contributed by atoms with E-state index in [0.29, 0.717) is 19.0 Å². The predicted molar refractivity (Wildman–Crippen MR) is 84.1 cm³/mol. The van der Waals surface area contributed by atoms with Crippen LogP contribution >= 0.6 is 0 Å². The van der Waals surface area contributed by atoms with Crippen molar-refractivity contribution in [1.29, 1.82) is 0 Å². The lowest BCUT2D eigenvalue weighted by Gasteiger charge is -2.30. The number of carbonyl (C=O) groups is 2. The zero-order chi connectivity index (χ0) is 15.4. The van der Waals surface area contributed by atoms with E-state index >= 15 is 0 Å². The summed E-state index contributed by atoms with van der Waals surface area (Å²) < 4.78 is 0. The zero-order valence-corrected chi connectivity index (χ0v) is 13.1. The molecular formula is C17H24N2O2. The van der Waals surface area contributed by atoms with Gasteiger partial charge in [0.05, 0.1) is 0 Å². The number of likely N-dealkylation sites (tertiary alicyclic amines) is 1. The van der Waals surface area contributed by atoms with Gasteiger partial charge in [-0.25, -0.2) is 0 Å². The van der Waals surface area contributed by atoms with E-state index in [2.05, 4.69) is 25.2 Å². The van der Waals surface area contributed by atoms with Crippen molar-refractivity contribution in [3.8, 4) is 0 Å². The lowest BCUT2D eigenvalue weighted by atomic mass is 9.95. The highest BCUT2D eigenvalue weighted by Gasteiger charge is 2.26. The molecule has 0 unspecified atom stereocenters. The Hall–Kier alpha value is -1.84. The highest BCUT2D eigenvalue weighted by molar-refractivity contribution is 5.93. The lowest BCUT2D eigenvalue weighted by molar-refractivity contribution is -0.132. The first-order chi connectivity index (χ1) is 9.99. The van der Waals surface area contributed by atoms with Crippen LogP contribution in [-0.2, 0) is 9.59 Å². The van der Waals surface area contributed by atoms with Crippen molar-refractivity contribution in [2.75, 3.05) is 18.4 Å². The van der Waals surface area contributed by atoms with Crippen LogP contribution in [-0.4, -0.2) is 29.8 Å². The maximum Gasteiger partial charge on any atom is 0.227 e. The second-order valence-corrected chi connectivity index (χ2v) is 6.01. The molecule has 0 saturated carbocycles. The van der Waals surface area contributed by atoms with Gasteiger partial charge in [-0.1, -0.05) is 32.0 Å². The molecule has 4 heteroatoms. The molecule has 0 radical (unpaired) electrons. The minimum absolute atomic E-state index is 0.000758. The Labute approximate surface area is 126 Å². The van der Waals surface area contributed by atoms with Crippen molar-refractivity contribution < 1.29 is 9.59 Å². The second-order valence-electron chi connectivity index (χ2n) is 6.01. The van der Waals surface area contributed by atoms with Crippen LogP contribution in [0.15, 0.2) is 24.3 Å². The summed E-state index contributed by atoms with van der Waals surface area (Å²) in [5, 5.41) is 3.06. The monoisotopic (exact) mass is 288 g/mol. The number of anilines is 1. The summed E-state index contributed by atoms with van der Waals surface area (Å²) in [7, 11) is 0. The lowest BCUT2D eigenvalue weighted by Crippen LogP contribution is -2.40. The Kier molecular flexibility index (Phi) is 4.99. The van der Waals surface area contributed by atoms with Gasteiger partial charge in [0.15, 0.2) is 0 Å². The first-order valence-electron chi connectivity index (χ1n) is 7.64. The number of hydrogen-bond acceptors (Lipinski definition) is 2. The quantitative estimate of drug-likeness (QED) is 0.929. The minimum Gasteiger partial charge on any atom is -0.343 e. The average Bonchev–Trinajstić information content (AvgIpc) is 2.47. The second kappa shape index (κ2) is 6.74. The molecule has 2 rings (SSSR count). The van der Waals surface area contributed by atoms with Crippen LogP contribution in [0.5, 0.6) is 0 Å². The number of rotatable bonds is 3. The normalized spacial score (nSPS) is 16.1. The molecule has 0 aromatic heterocycles. The summed E-state index contributed by atoms with van der Waals surface area (Å²) in [6.45, 7) is 7.18. The van der Waals surface area contributed by atoms with Crippen molar-refractivity contribution in [2.24, 2.45) is 5.92 Å². The molecule has 0 atom stereocenters. The summed E-state index contributed by atoms with van der Waals surface area (Å²) in [4.78, 5) is 25.5. The van der Waals surface area contributed by atoms with E-state index in [4.69, 9.17) is 0 Å². The van der Waals surface area contributed by atoms with Crippen molar-refractivity contribution in [3.63, 3.8) is 0 Å². The molecule has 1 aromatic carbocycles. The van der Waals surface area contributed by atoms with Crippen LogP contribution in [0.25, 0.3) is 0 Å². The molecule has 1 N–H and O–H groups in total. The molecule has 2 amide bonds. The number of amides is 2. The number of carbonyl (C=O) groups excluding carboxylic acids is 2. The number of nitrogens with zero attached hydrogens (tertiary/aromatic N) is 1. The standard InChI is InChI=1S/C17H24N2O2/c1-12(2)15-6-4-5-7-16(15)18-17(21)14-8-10-19(11-9-14)13(3)20/h4-7,12,14H,8-11H2,1-3H3,(H,18,21). The Morgan fingerprint density at radius 1 is 1.19 bits per heavy atom. The minimum atomic E-state index is 0.000758. The van der Waals surface area contributed by atoms with Crippen LogP contribution in [0.4, 0.5) is 5.69 Å². The van der Waals surface area contributed by atoms with Crippen molar-refractivity contribution in [2.45, 2.75) is 39.5 Å². The van der Waals surface area contributed by atoms with Crippen molar-refractivity contribution >= 4 is 17.5 Å². The van der Waals surface area contributed by atoms with Gasteiger partial charge in [0.25, 0.3) is 0 Å². The molecule has 4 nitrogen and oxygen atoms in total. The Bertz CT molecular complexity index is 517. The molecule has 1 heterocycles. The number of benzene rings is 1. The molecule has 114 valence electrons. The summed E-state index contributed by atoms with van der Waals surface area (Å²) in [5.41, 5.74) is 2.07. The third kappa shape index (κ3) is 3.84. The summed E-state index contributed by atoms with van der Waals surface area (Å²) >= 11 is 0. The van der Waals surface area contributed by atoms with E-state index in [1.54, 1.807) is 6.92 Å². The van der Waals surface area contributed by atoms with Crippen LogP contribution in [0, 0.1) is 5.92 Å². The average molecular weight is 288 g/mol. The van der Waals surface area contributed by atoms with Crippen LogP contribution in [0.1, 0.15) is 45.1 Å². The van der Waals surface area contributed by atoms with Crippen LogP contribution < -0.4 is 5.32 Å². The topological polar surface area (TPSA) is 49.4 Å². The van der Waals surface area contributed by atoms with E-state index in [1.807, 2.05) is 23.1 Å². The molecule has 1 fully saturated rings. The third-order valence-corrected chi connectivity index (χ3v) is 4.15. The van der Waals surface area contributed by atoms with Crippen molar-refractivity contribution in [1.82, 2.24) is 4.90 Å². The van der Waals surface area contributed by atoms with Gasteiger partial charge in [-0.15, -0.1) is 0 Å². The smallest absolute Gasteiger partial charge is 0.227 e. The van der Waals surface area contributed by atoms with Gasteiger partial charge in [0.1, 0.15) is 0 Å². The fraction of sp³-hybridized carbons (Fsp3) is 0.529. The van der Waals surface area contributed by atoms with Crippen molar-refractivity contribution in [3.05, 3.63) is 29.8 Å².